The zero-order valence-corrected chi connectivity index (χ0v) is 12.3. The Morgan fingerprint density at radius 1 is 1.25 bits per heavy atom. The monoisotopic (exact) mass is 330 g/mol. The number of carbonyl (C=O) groups excluding carboxylic acids is 1. The fourth-order valence-corrected chi connectivity index (χ4v) is 2.43. The van der Waals surface area contributed by atoms with Crippen LogP contribution in [-0.2, 0) is 4.79 Å². The van der Waals surface area contributed by atoms with Crippen LogP contribution in [0.5, 0.6) is 5.75 Å². The van der Waals surface area contributed by atoms with Crippen molar-refractivity contribution >= 4 is 32.9 Å². The molecule has 3 aromatic rings. The number of esters is 1. The molecule has 0 saturated carbocycles. The highest BCUT2D eigenvalue weighted by atomic mass is 79.9. The van der Waals surface area contributed by atoms with Gasteiger partial charge in [-0.25, -0.2) is 4.98 Å². The Morgan fingerprint density at radius 3 is 2.80 bits per heavy atom. The Labute approximate surface area is 123 Å². The summed E-state index contributed by atoms with van der Waals surface area (Å²) in [6.07, 6.45) is 0. The van der Waals surface area contributed by atoms with Gasteiger partial charge in [-0.15, -0.1) is 0 Å². The van der Waals surface area contributed by atoms with Gasteiger partial charge in [-0.3, -0.25) is 4.79 Å². The number of carbonyl (C=O) groups is 1. The first-order valence-corrected chi connectivity index (χ1v) is 6.86. The second kappa shape index (κ2) is 5.09. The molecule has 0 spiro atoms. The molecule has 0 bridgehead atoms. The van der Waals surface area contributed by atoms with E-state index in [0.29, 0.717) is 5.75 Å². The maximum Gasteiger partial charge on any atom is 0.308 e. The summed E-state index contributed by atoms with van der Waals surface area (Å²) in [5, 5.41) is 0. The molecule has 1 N–H and O–H groups in total. The van der Waals surface area contributed by atoms with Gasteiger partial charge in [-0.1, -0.05) is 28.1 Å². The van der Waals surface area contributed by atoms with Crippen LogP contribution in [0.4, 0.5) is 0 Å². The molecule has 100 valence electrons. The average Bonchev–Trinajstić information content (AvgIpc) is 2.84. The molecule has 0 atom stereocenters. The third kappa shape index (κ3) is 2.44. The van der Waals surface area contributed by atoms with E-state index in [4.69, 9.17) is 4.74 Å². The number of ether oxygens (including phenoxy) is 1. The zero-order valence-electron chi connectivity index (χ0n) is 10.7. The fourth-order valence-electron chi connectivity index (χ4n) is 2.00. The van der Waals surface area contributed by atoms with Gasteiger partial charge in [-0.05, 0) is 30.3 Å². The average molecular weight is 331 g/mol. The quantitative estimate of drug-likeness (QED) is 0.572. The molecular formula is C15H11BrN2O2. The summed E-state index contributed by atoms with van der Waals surface area (Å²) in [6.45, 7) is 1.38. The van der Waals surface area contributed by atoms with E-state index < -0.39 is 0 Å². The van der Waals surface area contributed by atoms with E-state index in [1.54, 1.807) is 12.1 Å². The van der Waals surface area contributed by atoms with Crippen LogP contribution in [0.15, 0.2) is 46.9 Å². The molecule has 1 heterocycles. The van der Waals surface area contributed by atoms with Crippen molar-refractivity contribution in [3.63, 3.8) is 0 Å². The van der Waals surface area contributed by atoms with Crippen LogP contribution in [0, 0.1) is 0 Å². The van der Waals surface area contributed by atoms with Crippen molar-refractivity contribution in [2.24, 2.45) is 0 Å². The summed E-state index contributed by atoms with van der Waals surface area (Å²) < 4.78 is 5.99. The van der Waals surface area contributed by atoms with E-state index in [2.05, 4.69) is 25.9 Å². The minimum absolute atomic E-state index is 0.345. The van der Waals surface area contributed by atoms with Crippen LogP contribution < -0.4 is 4.74 Å². The third-order valence-electron chi connectivity index (χ3n) is 2.84. The number of aromatic amines is 1. The Balaban J connectivity index is 2.10. The summed E-state index contributed by atoms with van der Waals surface area (Å²) in [4.78, 5) is 18.8. The molecule has 1 aromatic heterocycles. The van der Waals surface area contributed by atoms with Crippen molar-refractivity contribution in [1.82, 2.24) is 9.97 Å². The van der Waals surface area contributed by atoms with Gasteiger partial charge >= 0.3 is 5.97 Å². The molecule has 0 aliphatic heterocycles. The van der Waals surface area contributed by atoms with Crippen LogP contribution in [0.25, 0.3) is 22.4 Å². The van der Waals surface area contributed by atoms with E-state index in [-0.39, 0.29) is 5.97 Å². The van der Waals surface area contributed by atoms with E-state index in [1.165, 1.54) is 6.92 Å². The normalized spacial score (nSPS) is 10.7. The summed E-state index contributed by atoms with van der Waals surface area (Å²) in [5.41, 5.74) is 2.71. The second-order valence-corrected chi connectivity index (χ2v) is 5.19. The van der Waals surface area contributed by atoms with Crippen LogP contribution in [0.2, 0.25) is 0 Å². The van der Waals surface area contributed by atoms with E-state index >= 15 is 0 Å². The predicted molar refractivity (Wildman–Crippen MR) is 80.5 cm³/mol. The second-order valence-electron chi connectivity index (χ2n) is 4.34. The number of para-hydroxylation sites is 2. The number of nitrogens with zero attached hydrogens (tertiary/aromatic N) is 1. The summed E-state index contributed by atoms with van der Waals surface area (Å²) >= 11 is 3.49. The number of hydrogen-bond donors (Lipinski definition) is 1. The van der Waals surface area contributed by atoms with E-state index in [0.717, 1.165) is 26.9 Å². The highest BCUT2D eigenvalue weighted by molar-refractivity contribution is 9.10. The minimum Gasteiger partial charge on any atom is -0.427 e. The molecule has 5 heteroatoms. The maximum atomic E-state index is 11.0. The smallest absolute Gasteiger partial charge is 0.308 e. The number of H-pyrrole nitrogens is 1. The molecule has 0 amide bonds. The van der Waals surface area contributed by atoms with Gasteiger partial charge in [0.25, 0.3) is 0 Å². The number of hydrogen-bond acceptors (Lipinski definition) is 3. The summed E-state index contributed by atoms with van der Waals surface area (Å²) in [5.74, 6) is 0.881. The van der Waals surface area contributed by atoms with Crippen molar-refractivity contribution in [3.05, 3.63) is 46.9 Å². The molecule has 3 rings (SSSR count). The molecule has 4 nitrogen and oxygen atoms in total. The topological polar surface area (TPSA) is 55.0 Å². The van der Waals surface area contributed by atoms with Gasteiger partial charge in [0, 0.05) is 17.0 Å². The lowest BCUT2D eigenvalue weighted by Gasteiger charge is -2.05. The van der Waals surface area contributed by atoms with Crippen LogP contribution in [0.1, 0.15) is 6.92 Å². The van der Waals surface area contributed by atoms with Crippen LogP contribution in [-0.4, -0.2) is 15.9 Å². The lowest BCUT2D eigenvalue weighted by atomic mass is 10.2. The van der Waals surface area contributed by atoms with Gasteiger partial charge in [0.1, 0.15) is 11.6 Å². The maximum absolute atomic E-state index is 11.0. The number of halogens is 1. The van der Waals surface area contributed by atoms with Gasteiger partial charge in [0.15, 0.2) is 0 Å². The SMILES string of the molecule is CC(=O)Oc1ccc(Br)c(-c2nc3ccccc3[nH]2)c1. The van der Waals surface area contributed by atoms with E-state index in [9.17, 15) is 4.79 Å². The van der Waals surface area contributed by atoms with Gasteiger partial charge < -0.3 is 9.72 Å². The first kappa shape index (κ1) is 12.9. The highest BCUT2D eigenvalue weighted by Crippen LogP contribution is 2.31. The first-order chi connectivity index (χ1) is 9.63. The molecule has 0 aliphatic rings. The minimum atomic E-state index is -0.345. The van der Waals surface area contributed by atoms with Gasteiger partial charge in [0.05, 0.1) is 11.0 Å². The Bertz CT molecular complexity index is 762. The Hall–Kier alpha value is -2.14. The Kier molecular flexibility index (Phi) is 3.28. The summed E-state index contributed by atoms with van der Waals surface area (Å²) in [6, 6.07) is 13.2. The number of rotatable bonds is 2. The van der Waals surface area contributed by atoms with Crippen molar-refractivity contribution in [2.75, 3.05) is 0 Å². The number of fused-ring (bicyclic) bond motifs is 1. The fraction of sp³-hybridized carbons (Fsp3) is 0.0667. The summed E-state index contributed by atoms with van der Waals surface area (Å²) in [7, 11) is 0. The van der Waals surface area contributed by atoms with Crippen molar-refractivity contribution in [3.8, 4) is 17.1 Å². The standard InChI is InChI=1S/C15H11BrN2O2/c1-9(19)20-10-6-7-12(16)11(8-10)15-17-13-4-2-3-5-14(13)18-15/h2-8H,1H3,(H,17,18). The Morgan fingerprint density at radius 2 is 2.05 bits per heavy atom. The largest absolute Gasteiger partial charge is 0.427 e. The molecule has 0 saturated heterocycles. The third-order valence-corrected chi connectivity index (χ3v) is 3.54. The predicted octanol–water partition coefficient (Wildman–Crippen LogP) is 3.92. The van der Waals surface area contributed by atoms with Gasteiger partial charge in [0.2, 0.25) is 0 Å². The number of imidazole rings is 1. The van der Waals surface area contributed by atoms with Crippen LogP contribution in [0.3, 0.4) is 0 Å². The highest BCUT2D eigenvalue weighted by Gasteiger charge is 2.10. The molecule has 0 aliphatic carbocycles. The van der Waals surface area contributed by atoms with E-state index in [1.807, 2.05) is 30.3 Å². The van der Waals surface area contributed by atoms with Crippen molar-refractivity contribution in [2.45, 2.75) is 6.92 Å². The number of benzene rings is 2. The molecule has 0 fully saturated rings. The zero-order chi connectivity index (χ0) is 14.1. The lowest BCUT2D eigenvalue weighted by molar-refractivity contribution is -0.131. The van der Waals surface area contributed by atoms with Gasteiger partial charge in [-0.2, -0.15) is 0 Å². The molecule has 2 aromatic carbocycles. The van der Waals surface area contributed by atoms with Crippen LogP contribution >= 0.6 is 15.9 Å². The molecule has 0 unspecified atom stereocenters. The van der Waals surface area contributed by atoms with Crippen molar-refractivity contribution in [1.29, 1.82) is 0 Å². The lowest BCUT2D eigenvalue weighted by Crippen LogP contribution is -2.01. The molecular weight excluding hydrogens is 320 g/mol. The van der Waals surface area contributed by atoms with Crippen molar-refractivity contribution < 1.29 is 9.53 Å². The number of nitrogens with one attached hydrogen (secondary N) is 1. The first-order valence-electron chi connectivity index (χ1n) is 6.06. The number of aromatic nitrogens is 2. The molecule has 20 heavy (non-hydrogen) atoms. The molecule has 0 radical (unpaired) electrons.